The third kappa shape index (κ3) is 1.11. The Labute approximate surface area is 72.9 Å². The number of hydrogen-bond donors (Lipinski definition) is 1. The van der Waals surface area contributed by atoms with Crippen LogP contribution in [0.15, 0.2) is 36.0 Å². The molecule has 0 radical (unpaired) electrons. The van der Waals surface area contributed by atoms with E-state index in [0.29, 0.717) is 5.92 Å². The van der Waals surface area contributed by atoms with Gasteiger partial charge in [-0.25, -0.2) is 0 Å². The van der Waals surface area contributed by atoms with Gasteiger partial charge in [0.2, 0.25) is 0 Å². The Morgan fingerprint density at radius 2 is 2.08 bits per heavy atom. The summed E-state index contributed by atoms with van der Waals surface area (Å²) in [5.41, 5.74) is 9.60. The topological polar surface area (TPSA) is 26.0 Å². The molecule has 2 N–H and O–H groups in total. The molecule has 0 saturated carbocycles. The summed E-state index contributed by atoms with van der Waals surface area (Å²) in [6.45, 7) is 2.19. The monoisotopic (exact) mass is 159 g/mol. The van der Waals surface area contributed by atoms with E-state index in [0.717, 1.165) is 12.1 Å². The Kier molecular flexibility index (Phi) is 1.65. The van der Waals surface area contributed by atoms with Crippen molar-refractivity contribution in [3.63, 3.8) is 0 Å². The first-order valence-electron chi connectivity index (χ1n) is 4.31. The molecule has 1 nitrogen and oxygen atoms in total. The lowest BCUT2D eigenvalue weighted by molar-refractivity contribution is 0.869. The maximum Gasteiger partial charge on any atom is 0.0121 e. The summed E-state index contributed by atoms with van der Waals surface area (Å²) in [4.78, 5) is 0. The average Bonchev–Trinajstić information content (AvgIpc) is 2.04. The van der Waals surface area contributed by atoms with E-state index < -0.39 is 0 Å². The molecule has 62 valence electrons. The van der Waals surface area contributed by atoms with Crippen LogP contribution in [0.1, 0.15) is 24.0 Å². The molecule has 1 aromatic carbocycles. The lowest BCUT2D eigenvalue weighted by atomic mass is 9.88. The first-order chi connectivity index (χ1) is 5.77. The number of nitrogens with two attached hydrogens (primary N) is 1. The summed E-state index contributed by atoms with van der Waals surface area (Å²) in [6.07, 6.45) is 3.06. The first-order valence-corrected chi connectivity index (χ1v) is 4.31. The van der Waals surface area contributed by atoms with Crippen LogP contribution >= 0.6 is 0 Å². The van der Waals surface area contributed by atoms with Crippen molar-refractivity contribution in [2.75, 3.05) is 0 Å². The SMILES string of the molecule is CC1C=C(N)Cc2ccccc21. The molecule has 1 aliphatic carbocycles. The molecule has 1 aromatic rings. The molecule has 1 heteroatoms. The van der Waals surface area contributed by atoms with Crippen molar-refractivity contribution in [3.8, 4) is 0 Å². The molecule has 1 atom stereocenters. The molecule has 0 saturated heterocycles. The molecule has 0 aliphatic heterocycles. The van der Waals surface area contributed by atoms with Crippen LogP contribution in [0.3, 0.4) is 0 Å². The van der Waals surface area contributed by atoms with Crippen molar-refractivity contribution >= 4 is 0 Å². The quantitative estimate of drug-likeness (QED) is 0.617. The number of benzene rings is 1. The minimum absolute atomic E-state index is 0.481. The van der Waals surface area contributed by atoms with Crippen LogP contribution in [0.25, 0.3) is 0 Å². The molecule has 2 rings (SSSR count). The van der Waals surface area contributed by atoms with Crippen LogP contribution < -0.4 is 5.73 Å². The average molecular weight is 159 g/mol. The van der Waals surface area contributed by atoms with E-state index >= 15 is 0 Å². The maximum atomic E-state index is 5.80. The number of allylic oxidation sites excluding steroid dienone is 2. The molecule has 0 amide bonds. The van der Waals surface area contributed by atoms with Gasteiger partial charge in [-0.3, -0.25) is 0 Å². The molecule has 0 heterocycles. The molecule has 0 spiro atoms. The Hall–Kier alpha value is -1.24. The zero-order valence-electron chi connectivity index (χ0n) is 7.25. The lowest BCUT2D eigenvalue weighted by Gasteiger charge is -2.19. The van der Waals surface area contributed by atoms with E-state index in [9.17, 15) is 0 Å². The second-order valence-corrected chi connectivity index (χ2v) is 3.41. The summed E-state index contributed by atoms with van der Waals surface area (Å²) in [5.74, 6) is 0.481. The fourth-order valence-electron chi connectivity index (χ4n) is 1.83. The summed E-state index contributed by atoms with van der Waals surface area (Å²) >= 11 is 0. The number of fused-ring (bicyclic) bond motifs is 1. The molecule has 0 bridgehead atoms. The van der Waals surface area contributed by atoms with Crippen molar-refractivity contribution in [3.05, 3.63) is 47.2 Å². The largest absolute Gasteiger partial charge is 0.402 e. The second kappa shape index (κ2) is 2.67. The summed E-state index contributed by atoms with van der Waals surface area (Å²) < 4.78 is 0. The summed E-state index contributed by atoms with van der Waals surface area (Å²) in [5, 5.41) is 0. The van der Waals surface area contributed by atoms with E-state index in [2.05, 4.69) is 37.3 Å². The number of hydrogen-bond acceptors (Lipinski definition) is 1. The van der Waals surface area contributed by atoms with Gasteiger partial charge in [-0.2, -0.15) is 0 Å². The van der Waals surface area contributed by atoms with E-state index in [1.165, 1.54) is 11.1 Å². The molecule has 1 unspecified atom stereocenters. The summed E-state index contributed by atoms with van der Waals surface area (Å²) in [6, 6.07) is 8.50. The Morgan fingerprint density at radius 3 is 2.92 bits per heavy atom. The molecular formula is C11H13N. The van der Waals surface area contributed by atoms with E-state index in [1.54, 1.807) is 0 Å². The predicted molar refractivity (Wildman–Crippen MR) is 50.8 cm³/mol. The fourth-order valence-corrected chi connectivity index (χ4v) is 1.83. The van der Waals surface area contributed by atoms with Crippen molar-refractivity contribution in [2.24, 2.45) is 5.73 Å². The minimum atomic E-state index is 0.481. The van der Waals surface area contributed by atoms with Crippen molar-refractivity contribution in [1.29, 1.82) is 0 Å². The van der Waals surface area contributed by atoms with Crippen LogP contribution in [0, 0.1) is 0 Å². The van der Waals surface area contributed by atoms with Gasteiger partial charge < -0.3 is 5.73 Å². The highest BCUT2D eigenvalue weighted by Crippen LogP contribution is 2.27. The van der Waals surface area contributed by atoms with Crippen LogP contribution in [0.4, 0.5) is 0 Å². The minimum Gasteiger partial charge on any atom is -0.402 e. The maximum absolute atomic E-state index is 5.80. The van der Waals surface area contributed by atoms with Gasteiger partial charge in [0.25, 0.3) is 0 Å². The molecule has 0 aromatic heterocycles. The van der Waals surface area contributed by atoms with Crippen molar-refractivity contribution in [2.45, 2.75) is 19.3 Å². The highest BCUT2D eigenvalue weighted by Gasteiger charge is 2.13. The molecule has 1 aliphatic rings. The van der Waals surface area contributed by atoms with Gasteiger partial charge in [0, 0.05) is 18.0 Å². The van der Waals surface area contributed by atoms with Gasteiger partial charge in [0.15, 0.2) is 0 Å². The van der Waals surface area contributed by atoms with E-state index in [-0.39, 0.29) is 0 Å². The second-order valence-electron chi connectivity index (χ2n) is 3.41. The smallest absolute Gasteiger partial charge is 0.0121 e. The zero-order valence-corrected chi connectivity index (χ0v) is 7.25. The Bertz CT molecular complexity index is 326. The molecule has 12 heavy (non-hydrogen) atoms. The predicted octanol–water partition coefficient (Wildman–Crippen LogP) is 2.19. The van der Waals surface area contributed by atoms with Crippen molar-refractivity contribution in [1.82, 2.24) is 0 Å². The fraction of sp³-hybridized carbons (Fsp3) is 0.273. The molecule has 0 fully saturated rings. The van der Waals surface area contributed by atoms with Crippen LogP contribution in [-0.4, -0.2) is 0 Å². The first kappa shape index (κ1) is 7.41. The number of rotatable bonds is 0. The standard InChI is InChI=1S/C11H13N/c1-8-6-10(12)7-9-4-2-3-5-11(8)9/h2-6,8H,7,12H2,1H3. The van der Waals surface area contributed by atoms with Crippen LogP contribution in [-0.2, 0) is 6.42 Å². The molecular weight excluding hydrogens is 146 g/mol. The zero-order chi connectivity index (χ0) is 8.55. The van der Waals surface area contributed by atoms with Gasteiger partial charge in [-0.1, -0.05) is 37.3 Å². The van der Waals surface area contributed by atoms with E-state index in [1.807, 2.05) is 0 Å². The van der Waals surface area contributed by atoms with Gasteiger partial charge in [-0.05, 0) is 11.1 Å². The lowest BCUT2D eigenvalue weighted by Crippen LogP contribution is -2.11. The third-order valence-corrected chi connectivity index (χ3v) is 2.40. The Morgan fingerprint density at radius 1 is 1.33 bits per heavy atom. The Balaban J connectivity index is 2.48. The van der Waals surface area contributed by atoms with Gasteiger partial charge in [0.05, 0.1) is 0 Å². The van der Waals surface area contributed by atoms with Crippen LogP contribution in [0.2, 0.25) is 0 Å². The van der Waals surface area contributed by atoms with Gasteiger partial charge >= 0.3 is 0 Å². The van der Waals surface area contributed by atoms with Crippen LogP contribution in [0.5, 0.6) is 0 Å². The van der Waals surface area contributed by atoms with Crippen molar-refractivity contribution < 1.29 is 0 Å². The summed E-state index contributed by atoms with van der Waals surface area (Å²) in [7, 11) is 0. The van der Waals surface area contributed by atoms with Gasteiger partial charge in [0.1, 0.15) is 0 Å². The third-order valence-electron chi connectivity index (χ3n) is 2.40. The normalized spacial score (nSPS) is 21.4. The highest BCUT2D eigenvalue weighted by molar-refractivity contribution is 5.39. The van der Waals surface area contributed by atoms with E-state index in [4.69, 9.17) is 5.73 Å². The van der Waals surface area contributed by atoms with Gasteiger partial charge in [-0.15, -0.1) is 0 Å². The highest BCUT2D eigenvalue weighted by atomic mass is 14.6.